The van der Waals surface area contributed by atoms with Crippen LogP contribution in [0.3, 0.4) is 0 Å². The number of carbonyl (C=O) groups excluding carboxylic acids is 1. The fourth-order valence-corrected chi connectivity index (χ4v) is 2.07. The summed E-state index contributed by atoms with van der Waals surface area (Å²) in [6, 6.07) is 1.33. The van der Waals surface area contributed by atoms with Gasteiger partial charge >= 0.3 is 6.18 Å². The Bertz CT molecular complexity index is 560. The third-order valence-corrected chi connectivity index (χ3v) is 3.07. The molecule has 8 heteroatoms. The van der Waals surface area contributed by atoms with Crippen molar-refractivity contribution in [1.82, 2.24) is 0 Å². The molecule has 0 aromatic heterocycles. The zero-order chi connectivity index (χ0) is 13.4. The smallest absolute Gasteiger partial charge is 0.416 e. The van der Waals surface area contributed by atoms with Crippen molar-refractivity contribution in [3.05, 3.63) is 29.3 Å². The Morgan fingerprint density at radius 3 is 2.18 bits per heavy atom. The van der Waals surface area contributed by atoms with Crippen LogP contribution in [0.2, 0.25) is 0 Å². The first kappa shape index (κ1) is 13.5. The van der Waals surface area contributed by atoms with Crippen molar-refractivity contribution in [2.24, 2.45) is 0 Å². The Morgan fingerprint density at radius 2 is 1.82 bits per heavy atom. The molecular weight excluding hydrogens is 261 g/mol. The second-order valence-corrected chi connectivity index (χ2v) is 5.25. The quantitative estimate of drug-likeness (QED) is 0.780. The second-order valence-electron chi connectivity index (χ2n) is 3.27. The molecule has 0 fully saturated rings. The van der Waals surface area contributed by atoms with Gasteiger partial charge in [-0.3, -0.25) is 0 Å². The molecule has 1 rings (SSSR count). The SMILES string of the molecule is CS(=O)(=O)c1cc(C(F)(F)F)ccc1C(=O)[O-]. The van der Waals surface area contributed by atoms with E-state index in [0.717, 1.165) is 0 Å². The molecule has 0 saturated heterocycles. The molecule has 0 aliphatic carbocycles. The summed E-state index contributed by atoms with van der Waals surface area (Å²) in [7, 11) is -4.08. The highest BCUT2D eigenvalue weighted by atomic mass is 32.2. The molecule has 0 aliphatic rings. The minimum Gasteiger partial charge on any atom is -0.545 e. The van der Waals surface area contributed by atoms with E-state index in [1.807, 2.05) is 0 Å². The molecule has 1 aromatic rings. The van der Waals surface area contributed by atoms with Gasteiger partial charge in [-0.15, -0.1) is 0 Å². The number of benzene rings is 1. The van der Waals surface area contributed by atoms with Gasteiger partial charge in [0.25, 0.3) is 0 Å². The number of rotatable bonds is 2. The minimum absolute atomic E-state index is 0.278. The summed E-state index contributed by atoms with van der Waals surface area (Å²) >= 11 is 0. The van der Waals surface area contributed by atoms with Gasteiger partial charge in [-0.1, -0.05) is 6.07 Å². The van der Waals surface area contributed by atoms with Crippen molar-refractivity contribution in [1.29, 1.82) is 0 Å². The van der Waals surface area contributed by atoms with E-state index in [0.29, 0.717) is 18.4 Å². The topological polar surface area (TPSA) is 74.3 Å². The molecule has 4 nitrogen and oxygen atoms in total. The third kappa shape index (κ3) is 2.96. The van der Waals surface area contributed by atoms with Gasteiger partial charge in [0, 0.05) is 11.8 Å². The van der Waals surface area contributed by atoms with Gasteiger partial charge in [0.2, 0.25) is 0 Å². The van der Waals surface area contributed by atoms with E-state index in [9.17, 15) is 31.5 Å². The van der Waals surface area contributed by atoms with Gasteiger partial charge < -0.3 is 9.90 Å². The minimum atomic E-state index is -4.75. The molecule has 17 heavy (non-hydrogen) atoms. The number of aromatic carboxylic acids is 1. The number of alkyl halides is 3. The molecule has 0 heterocycles. The van der Waals surface area contributed by atoms with Crippen molar-refractivity contribution in [2.45, 2.75) is 11.1 Å². The van der Waals surface area contributed by atoms with Crippen molar-refractivity contribution in [3.63, 3.8) is 0 Å². The molecule has 0 saturated carbocycles. The lowest BCUT2D eigenvalue weighted by molar-refractivity contribution is -0.255. The summed E-state index contributed by atoms with van der Waals surface area (Å²) in [6.45, 7) is 0. The average molecular weight is 267 g/mol. The molecule has 0 atom stereocenters. The highest BCUT2D eigenvalue weighted by molar-refractivity contribution is 7.90. The molecule has 0 amide bonds. The number of sulfone groups is 1. The van der Waals surface area contributed by atoms with Crippen molar-refractivity contribution in [3.8, 4) is 0 Å². The first-order chi connectivity index (χ1) is 7.53. The zero-order valence-electron chi connectivity index (χ0n) is 8.41. The van der Waals surface area contributed by atoms with Crippen molar-refractivity contribution in [2.75, 3.05) is 6.26 Å². The third-order valence-electron chi connectivity index (χ3n) is 1.93. The van der Waals surface area contributed by atoms with Crippen LogP contribution in [-0.2, 0) is 16.0 Å². The highest BCUT2D eigenvalue weighted by Crippen LogP contribution is 2.31. The lowest BCUT2D eigenvalue weighted by Crippen LogP contribution is -2.25. The maximum atomic E-state index is 12.3. The Kier molecular flexibility index (Phi) is 3.19. The number of hydrogen-bond acceptors (Lipinski definition) is 4. The van der Waals surface area contributed by atoms with Crippen LogP contribution in [0.15, 0.2) is 23.1 Å². The van der Waals surface area contributed by atoms with Crippen LogP contribution in [0.1, 0.15) is 15.9 Å². The number of carboxylic acids is 1. The number of hydrogen-bond donors (Lipinski definition) is 0. The van der Waals surface area contributed by atoms with Gasteiger partial charge in [-0.05, 0) is 12.1 Å². The van der Waals surface area contributed by atoms with E-state index in [1.54, 1.807) is 0 Å². The molecule has 0 aliphatic heterocycles. The van der Waals surface area contributed by atoms with Gasteiger partial charge in [0.15, 0.2) is 9.84 Å². The van der Waals surface area contributed by atoms with Gasteiger partial charge in [0.05, 0.1) is 16.4 Å². The Labute approximate surface area is 94.6 Å². The van der Waals surface area contributed by atoms with Gasteiger partial charge in [-0.2, -0.15) is 13.2 Å². The maximum Gasteiger partial charge on any atom is 0.416 e. The monoisotopic (exact) mass is 267 g/mol. The largest absolute Gasteiger partial charge is 0.545 e. The maximum absolute atomic E-state index is 12.3. The van der Waals surface area contributed by atoms with E-state index in [4.69, 9.17) is 0 Å². The molecule has 0 spiro atoms. The lowest BCUT2D eigenvalue weighted by Gasteiger charge is -2.12. The van der Waals surface area contributed by atoms with Crippen molar-refractivity contribution < 1.29 is 31.5 Å². The first-order valence-corrected chi connectivity index (χ1v) is 6.05. The second kappa shape index (κ2) is 4.02. The molecule has 0 radical (unpaired) electrons. The van der Waals surface area contributed by atoms with Crippen molar-refractivity contribution >= 4 is 15.8 Å². The predicted molar refractivity (Wildman–Crippen MR) is 48.9 cm³/mol. The summed E-state index contributed by atoms with van der Waals surface area (Å²) in [5, 5.41) is 10.6. The fourth-order valence-electron chi connectivity index (χ4n) is 1.17. The average Bonchev–Trinajstić information content (AvgIpc) is 2.14. The number of carboxylic acid groups (broad SMARTS) is 1. The molecule has 1 aromatic carbocycles. The summed E-state index contributed by atoms with van der Waals surface area (Å²) < 4.78 is 59.4. The summed E-state index contributed by atoms with van der Waals surface area (Å²) in [5.41, 5.74) is -2.02. The number of carbonyl (C=O) groups is 1. The van der Waals surface area contributed by atoms with Crippen LogP contribution in [0.25, 0.3) is 0 Å². The summed E-state index contributed by atoms with van der Waals surface area (Å²) in [6.07, 6.45) is -4.13. The first-order valence-electron chi connectivity index (χ1n) is 4.16. The Morgan fingerprint density at radius 1 is 1.29 bits per heavy atom. The zero-order valence-corrected chi connectivity index (χ0v) is 9.22. The molecule has 0 unspecified atom stereocenters. The van der Waals surface area contributed by atoms with E-state index >= 15 is 0 Å². The highest BCUT2D eigenvalue weighted by Gasteiger charge is 2.32. The fraction of sp³-hybridized carbons (Fsp3) is 0.222. The normalized spacial score (nSPS) is 12.5. The van der Waals surface area contributed by atoms with Crippen LogP contribution in [0.5, 0.6) is 0 Å². The Hall–Kier alpha value is -1.57. The van der Waals surface area contributed by atoms with Crippen LogP contribution in [0, 0.1) is 0 Å². The van der Waals surface area contributed by atoms with Crippen LogP contribution < -0.4 is 5.11 Å². The van der Waals surface area contributed by atoms with E-state index in [2.05, 4.69) is 0 Å². The van der Waals surface area contributed by atoms with Crippen LogP contribution >= 0.6 is 0 Å². The van der Waals surface area contributed by atoms with E-state index in [1.165, 1.54) is 0 Å². The van der Waals surface area contributed by atoms with Gasteiger partial charge in [-0.25, -0.2) is 8.42 Å². The van der Waals surface area contributed by atoms with E-state index in [-0.39, 0.29) is 6.07 Å². The van der Waals surface area contributed by atoms with Gasteiger partial charge in [0.1, 0.15) is 0 Å². The molecular formula is C9H6F3O4S-. The number of halogens is 3. The molecule has 94 valence electrons. The summed E-state index contributed by atoms with van der Waals surface area (Å²) in [4.78, 5) is 9.66. The molecule has 0 bridgehead atoms. The van der Waals surface area contributed by atoms with Crippen LogP contribution in [-0.4, -0.2) is 20.6 Å². The molecule has 0 N–H and O–H groups in total. The Balaban J connectivity index is 3.57. The summed E-state index contributed by atoms with van der Waals surface area (Å²) in [5.74, 6) is -1.85. The van der Waals surface area contributed by atoms with E-state index < -0.39 is 38.0 Å². The predicted octanol–water partition coefficient (Wildman–Crippen LogP) is 0.472. The van der Waals surface area contributed by atoms with Crippen LogP contribution in [0.4, 0.5) is 13.2 Å². The lowest BCUT2D eigenvalue weighted by atomic mass is 10.1. The standard InChI is InChI=1S/C9H7F3O4S/c1-17(15,16)7-4-5(9(10,11)12)2-3-6(7)8(13)14/h2-4H,1H3,(H,13,14)/p-1.